The second-order valence-electron chi connectivity index (χ2n) is 3.22. The van der Waals surface area contributed by atoms with Crippen molar-refractivity contribution in [3.63, 3.8) is 0 Å². The lowest BCUT2D eigenvalue weighted by molar-refractivity contribution is 0.592. The maximum absolute atomic E-state index is 11.4. The minimum atomic E-state index is -3.34. The molecule has 1 aromatic heterocycles. The number of hydrogen-bond donors (Lipinski definition) is 1. The van der Waals surface area contributed by atoms with Gasteiger partial charge in [0.15, 0.2) is 0 Å². The van der Waals surface area contributed by atoms with Crippen LogP contribution in [0.5, 0.6) is 0 Å². The summed E-state index contributed by atoms with van der Waals surface area (Å²) >= 11 is 0. The van der Waals surface area contributed by atoms with E-state index >= 15 is 0 Å². The van der Waals surface area contributed by atoms with E-state index in [9.17, 15) is 8.42 Å². The molecule has 0 aromatic carbocycles. The molecule has 14 heavy (non-hydrogen) atoms. The van der Waals surface area contributed by atoms with E-state index in [1.165, 1.54) is 6.20 Å². The molecule has 0 unspecified atom stereocenters. The summed E-state index contributed by atoms with van der Waals surface area (Å²) in [5, 5.41) is -0.494. The SMILES string of the molecule is Cc1ccnc(NS(=O)(=O)C(C)C)n1. The molecule has 5 nitrogen and oxygen atoms in total. The first kappa shape index (κ1) is 10.9. The predicted molar refractivity (Wildman–Crippen MR) is 54.4 cm³/mol. The molecule has 78 valence electrons. The van der Waals surface area contributed by atoms with Crippen LogP contribution in [0.25, 0.3) is 0 Å². The van der Waals surface area contributed by atoms with Crippen molar-refractivity contribution in [2.24, 2.45) is 0 Å². The molecule has 0 amide bonds. The minimum Gasteiger partial charge on any atom is -0.251 e. The number of hydrogen-bond acceptors (Lipinski definition) is 4. The van der Waals surface area contributed by atoms with Crippen molar-refractivity contribution in [3.8, 4) is 0 Å². The number of aryl methyl sites for hydroxylation is 1. The highest BCUT2D eigenvalue weighted by Crippen LogP contribution is 2.05. The van der Waals surface area contributed by atoms with Gasteiger partial charge in [-0.3, -0.25) is 4.72 Å². The zero-order valence-electron chi connectivity index (χ0n) is 8.35. The number of nitrogens with zero attached hydrogens (tertiary/aromatic N) is 2. The van der Waals surface area contributed by atoms with Crippen molar-refractivity contribution in [2.45, 2.75) is 26.0 Å². The van der Waals surface area contributed by atoms with Gasteiger partial charge in [0.05, 0.1) is 5.25 Å². The van der Waals surface area contributed by atoms with E-state index in [1.807, 2.05) is 0 Å². The number of nitrogens with one attached hydrogen (secondary N) is 1. The van der Waals surface area contributed by atoms with Crippen LogP contribution < -0.4 is 4.72 Å². The quantitative estimate of drug-likeness (QED) is 0.814. The minimum absolute atomic E-state index is 0.124. The molecule has 0 aliphatic heterocycles. The summed E-state index contributed by atoms with van der Waals surface area (Å²) in [6.07, 6.45) is 1.51. The highest BCUT2D eigenvalue weighted by Gasteiger charge is 2.16. The van der Waals surface area contributed by atoms with Crippen molar-refractivity contribution in [3.05, 3.63) is 18.0 Å². The fourth-order valence-electron chi connectivity index (χ4n) is 0.743. The van der Waals surface area contributed by atoms with Crippen molar-refractivity contribution in [1.29, 1.82) is 0 Å². The highest BCUT2D eigenvalue weighted by molar-refractivity contribution is 7.93. The van der Waals surface area contributed by atoms with E-state index in [2.05, 4.69) is 14.7 Å². The molecule has 0 fully saturated rings. The van der Waals surface area contributed by atoms with Gasteiger partial charge in [0.2, 0.25) is 16.0 Å². The van der Waals surface area contributed by atoms with Crippen LogP contribution in [0.4, 0.5) is 5.95 Å². The van der Waals surface area contributed by atoms with Gasteiger partial charge in [0.1, 0.15) is 0 Å². The van der Waals surface area contributed by atoms with Crippen LogP contribution in [-0.2, 0) is 10.0 Å². The third-order valence-electron chi connectivity index (χ3n) is 1.65. The van der Waals surface area contributed by atoms with Crippen molar-refractivity contribution in [2.75, 3.05) is 4.72 Å². The molecular weight excluding hydrogens is 202 g/mol. The number of rotatable bonds is 3. The lowest BCUT2D eigenvalue weighted by Crippen LogP contribution is -2.23. The third-order valence-corrected chi connectivity index (χ3v) is 3.36. The molecule has 0 atom stereocenters. The Balaban J connectivity index is 2.90. The molecule has 1 rings (SSSR count). The fraction of sp³-hybridized carbons (Fsp3) is 0.500. The van der Waals surface area contributed by atoms with Crippen molar-refractivity contribution < 1.29 is 8.42 Å². The number of sulfonamides is 1. The molecule has 0 radical (unpaired) electrons. The van der Waals surface area contributed by atoms with E-state index in [4.69, 9.17) is 0 Å². The molecule has 1 N–H and O–H groups in total. The summed E-state index contributed by atoms with van der Waals surface area (Å²) in [5.41, 5.74) is 0.724. The summed E-state index contributed by atoms with van der Waals surface area (Å²) in [6, 6.07) is 1.70. The molecular formula is C8H13N3O2S. The Hall–Kier alpha value is -1.17. The second-order valence-corrected chi connectivity index (χ2v) is 5.45. The van der Waals surface area contributed by atoms with Crippen LogP contribution in [0.3, 0.4) is 0 Å². The van der Waals surface area contributed by atoms with Gasteiger partial charge in [-0.1, -0.05) is 0 Å². The molecule has 0 saturated carbocycles. The lowest BCUT2D eigenvalue weighted by atomic mass is 10.5. The normalized spacial score (nSPS) is 11.7. The summed E-state index contributed by atoms with van der Waals surface area (Å²) in [4.78, 5) is 7.75. The van der Waals surface area contributed by atoms with E-state index < -0.39 is 15.3 Å². The molecule has 1 aromatic rings. The average molecular weight is 215 g/mol. The van der Waals surface area contributed by atoms with Crippen molar-refractivity contribution >= 4 is 16.0 Å². The largest absolute Gasteiger partial charge is 0.251 e. The first-order chi connectivity index (χ1) is 6.42. The highest BCUT2D eigenvalue weighted by atomic mass is 32.2. The zero-order valence-corrected chi connectivity index (χ0v) is 9.17. The summed E-state index contributed by atoms with van der Waals surface area (Å²) < 4.78 is 25.1. The Kier molecular flexibility index (Phi) is 3.05. The molecule has 0 bridgehead atoms. The Morgan fingerprint density at radius 3 is 2.57 bits per heavy atom. The number of aromatic nitrogens is 2. The Labute approximate surface area is 83.6 Å². The maximum Gasteiger partial charge on any atom is 0.237 e. The molecule has 0 spiro atoms. The fourth-order valence-corrected chi connectivity index (χ4v) is 1.33. The van der Waals surface area contributed by atoms with Crippen LogP contribution in [0.1, 0.15) is 19.5 Å². The smallest absolute Gasteiger partial charge is 0.237 e. The van der Waals surface area contributed by atoms with Gasteiger partial charge in [-0.25, -0.2) is 18.4 Å². The van der Waals surface area contributed by atoms with Gasteiger partial charge < -0.3 is 0 Å². The molecule has 0 aliphatic rings. The van der Waals surface area contributed by atoms with Crippen LogP contribution in [0.2, 0.25) is 0 Å². The van der Waals surface area contributed by atoms with E-state index in [1.54, 1.807) is 26.8 Å². The molecule has 0 saturated heterocycles. The lowest BCUT2D eigenvalue weighted by Gasteiger charge is -2.08. The van der Waals surface area contributed by atoms with Gasteiger partial charge in [-0.15, -0.1) is 0 Å². The average Bonchev–Trinajstić information content (AvgIpc) is 2.02. The number of anilines is 1. The topological polar surface area (TPSA) is 72.0 Å². The summed E-state index contributed by atoms with van der Waals surface area (Å²) in [7, 11) is -3.34. The molecule has 1 heterocycles. The predicted octanol–water partition coefficient (Wildman–Crippen LogP) is 0.935. The Morgan fingerprint density at radius 1 is 1.43 bits per heavy atom. The van der Waals surface area contributed by atoms with Crippen LogP contribution in [0, 0.1) is 6.92 Å². The molecule has 6 heteroatoms. The van der Waals surface area contributed by atoms with Gasteiger partial charge >= 0.3 is 0 Å². The third kappa shape index (κ3) is 2.66. The van der Waals surface area contributed by atoms with Gasteiger partial charge in [0.25, 0.3) is 0 Å². The maximum atomic E-state index is 11.4. The van der Waals surface area contributed by atoms with Crippen LogP contribution >= 0.6 is 0 Å². The second kappa shape index (κ2) is 3.91. The van der Waals surface area contributed by atoms with Gasteiger partial charge in [-0.05, 0) is 26.8 Å². The standard InChI is InChI=1S/C8H13N3O2S/c1-6(2)14(12,13)11-8-9-5-4-7(3)10-8/h4-6H,1-3H3,(H,9,10,11). The van der Waals surface area contributed by atoms with Crippen LogP contribution in [0.15, 0.2) is 12.3 Å². The summed E-state index contributed by atoms with van der Waals surface area (Å²) in [5.74, 6) is 0.124. The zero-order chi connectivity index (χ0) is 10.8. The van der Waals surface area contributed by atoms with Crippen molar-refractivity contribution in [1.82, 2.24) is 9.97 Å². The van der Waals surface area contributed by atoms with Crippen LogP contribution in [-0.4, -0.2) is 23.6 Å². The van der Waals surface area contributed by atoms with Gasteiger partial charge in [0, 0.05) is 11.9 Å². The van der Waals surface area contributed by atoms with E-state index in [0.717, 1.165) is 5.69 Å². The monoisotopic (exact) mass is 215 g/mol. The van der Waals surface area contributed by atoms with Gasteiger partial charge in [-0.2, -0.15) is 0 Å². The van der Waals surface area contributed by atoms with E-state index in [0.29, 0.717) is 0 Å². The first-order valence-electron chi connectivity index (χ1n) is 4.23. The molecule has 0 aliphatic carbocycles. The van der Waals surface area contributed by atoms with E-state index in [-0.39, 0.29) is 5.95 Å². The first-order valence-corrected chi connectivity index (χ1v) is 5.78. The Morgan fingerprint density at radius 2 is 2.07 bits per heavy atom. The Bertz CT molecular complexity index is 414. The summed E-state index contributed by atoms with van der Waals surface area (Å²) in [6.45, 7) is 4.96.